The maximum absolute atomic E-state index is 15.2. The fourth-order valence-corrected chi connectivity index (χ4v) is 5.15. The number of carbonyl (C=O) groups is 1. The average molecular weight is 522 g/mol. The first-order valence-corrected chi connectivity index (χ1v) is 12.7. The van der Waals surface area contributed by atoms with Crippen LogP contribution >= 0.6 is 0 Å². The number of nitrogens with zero attached hydrogens (tertiary/aromatic N) is 6. The van der Waals surface area contributed by atoms with Crippen LogP contribution in [0.15, 0.2) is 48.9 Å². The van der Waals surface area contributed by atoms with E-state index in [2.05, 4.69) is 27.0 Å². The van der Waals surface area contributed by atoms with Crippen LogP contribution in [0.1, 0.15) is 52.0 Å². The highest BCUT2D eigenvalue weighted by molar-refractivity contribution is 6.10. The molecule has 2 aromatic carbocycles. The third-order valence-electron chi connectivity index (χ3n) is 7.46. The summed E-state index contributed by atoms with van der Waals surface area (Å²) in [4.78, 5) is 19.4. The van der Waals surface area contributed by atoms with Gasteiger partial charge in [0.15, 0.2) is 0 Å². The van der Waals surface area contributed by atoms with E-state index in [4.69, 9.17) is 10.5 Å². The average Bonchev–Trinajstić information content (AvgIpc) is 3.32. The van der Waals surface area contributed by atoms with E-state index in [1.54, 1.807) is 31.2 Å². The fraction of sp³-hybridized carbons (Fsp3) is 0.241. The molecule has 2 N–H and O–H groups in total. The van der Waals surface area contributed by atoms with Gasteiger partial charge in [-0.2, -0.15) is 10.2 Å². The van der Waals surface area contributed by atoms with Crippen molar-refractivity contribution in [2.24, 2.45) is 7.05 Å². The molecule has 1 atom stereocenters. The van der Waals surface area contributed by atoms with Crippen molar-refractivity contribution in [3.63, 3.8) is 0 Å². The Bertz CT molecular complexity index is 1880. The summed E-state index contributed by atoms with van der Waals surface area (Å²) < 4.78 is 24.7. The van der Waals surface area contributed by atoms with Gasteiger partial charge in [0, 0.05) is 42.9 Å². The van der Waals surface area contributed by atoms with E-state index < -0.39 is 11.7 Å². The lowest BCUT2D eigenvalue weighted by Crippen LogP contribution is -2.32. The zero-order valence-corrected chi connectivity index (χ0v) is 21.3. The molecule has 9 nitrogen and oxygen atoms in total. The zero-order valence-electron chi connectivity index (χ0n) is 21.3. The van der Waals surface area contributed by atoms with Gasteiger partial charge in [-0.1, -0.05) is 17.9 Å². The number of rotatable bonds is 3. The van der Waals surface area contributed by atoms with E-state index in [9.17, 15) is 4.79 Å². The summed E-state index contributed by atoms with van der Waals surface area (Å²) in [5.41, 5.74) is 9.56. The number of nitrogens with two attached hydrogens (primary N) is 1. The summed E-state index contributed by atoms with van der Waals surface area (Å²) in [6, 6.07) is 8.61. The van der Waals surface area contributed by atoms with Crippen LogP contribution < -0.4 is 10.5 Å². The Labute approximate surface area is 223 Å². The molecule has 1 saturated carbocycles. The number of carbonyl (C=O) groups excluding carboxylic acids is 1. The van der Waals surface area contributed by atoms with Crippen molar-refractivity contribution in [3.8, 4) is 17.6 Å². The normalized spacial score (nSPS) is 16.1. The molecule has 1 aliphatic carbocycles. The first-order valence-electron chi connectivity index (χ1n) is 12.7. The Hall–Kier alpha value is -4.91. The largest absolute Gasteiger partial charge is 0.491 e. The standard InChI is InChI=1S/C29H24FN7O2/c1-35(29(38)20-10-21-24(11-23(20)30)34-28(31)22-13-32-36(2)27(21)22)25-15-39-26-9-16(5-8-19(25)26)3-4-17-12-33-37(14-17)18-6-7-18/h5,8-14,18,25H,6-7,15H2,1-2H3,(H2,31,34). The van der Waals surface area contributed by atoms with Crippen LogP contribution in [0.2, 0.25) is 0 Å². The molecule has 194 valence electrons. The minimum atomic E-state index is -0.664. The zero-order chi connectivity index (χ0) is 26.8. The van der Waals surface area contributed by atoms with Crippen molar-refractivity contribution in [3.05, 3.63) is 77.0 Å². The van der Waals surface area contributed by atoms with Gasteiger partial charge in [0.2, 0.25) is 0 Å². The van der Waals surface area contributed by atoms with E-state index in [1.807, 2.05) is 29.1 Å². The number of hydrogen-bond donors (Lipinski definition) is 1. The second kappa shape index (κ2) is 8.56. The summed E-state index contributed by atoms with van der Waals surface area (Å²) in [7, 11) is 3.42. The van der Waals surface area contributed by atoms with Gasteiger partial charge in [-0.05, 0) is 31.0 Å². The van der Waals surface area contributed by atoms with Gasteiger partial charge < -0.3 is 15.4 Å². The van der Waals surface area contributed by atoms with Crippen LogP contribution in [-0.2, 0) is 7.05 Å². The summed E-state index contributed by atoms with van der Waals surface area (Å²) in [5, 5.41) is 9.88. The molecule has 4 heterocycles. The lowest BCUT2D eigenvalue weighted by molar-refractivity contribution is 0.0704. The number of halogens is 1. The van der Waals surface area contributed by atoms with Crippen molar-refractivity contribution >= 4 is 33.5 Å². The SMILES string of the molecule is CN(C(=O)c1cc2c(cc1F)nc(N)c1cnn(C)c12)C1COc2cc(C#Cc3cnn(C4CC4)c3)ccc21. The maximum Gasteiger partial charge on any atom is 0.257 e. The highest BCUT2D eigenvalue weighted by atomic mass is 19.1. The van der Waals surface area contributed by atoms with Crippen molar-refractivity contribution in [1.29, 1.82) is 0 Å². The van der Waals surface area contributed by atoms with Crippen LogP contribution in [0.4, 0.5) is 10.2 Å². The van der Waals surface area contributed by atoms with Crippen molar-refractivity contribution in [1.82, 2.24) is 29.4 Å². The number of likely N-dealkylation sites (N-methyl/N-ethyl adjacent to an activating group) is 1. The molecule has 10 heteroatoms. The Morgan fingerprint density at radius 2 is 1.95 bits per heavy atom. The molecule has 0 bridgehead atoms. The minimum Gasteiger partial charge on any atom is -0.491 e. The summed E-state index contributed by atoms with van der Waals surface area (Å²) in [6.07, 6.45) is 7.70. The molecule has 1 unspecified atom stereocenters. The minimum absolute atomic E-state index is 0.0539. The van der Waals surface area contributed by atoms with Gasteiger partial charge in [-0.15, -0.1) is 0 Å². The van der Waals surface area contributed by atoms with Crippen molar-refractivity contribution < 1.29 is 13.9 Å². The molecule has 3 aromatic heterocycles. The van der Waals surface area contributed by atoms with Gasteiger partial charge >= 0.3 is 0 Å². The summed E-state index contributed by atoms with van der Waals surface area (Å²) >= 11 is 0. The van der Waals surface area contributed by atoms with Gasteiger partial charge in [-0.3, -0.25) is 14.2 Å². The Morgan fingerprint density at radius 1 is 1.13 bits per heavy atom. The van der Waals surface area contributed by atoms with Gasteiger partial charge in [0.05, 0.1) is 52.0 Å². The number of anilines is 1. The van der Waals surface area contributed by atoms with Crippen LogP contribution in [0.25, 0.3) is 21.8 Å². The molecule has 1 amide bonds. The molecule has 0 radical (unpaired) electrons. The molecular formula is C29H24FN7O2. The number of fused-ring (bicyclic) bond motifs is 4. The molecule has 7 rings (SSSR count). The van der Waals surface area contributed by atoms with Gasteiger partial charge in [0.1, 0.15) is 24.0 Å². The second-order valence-electron chi connectivity index (χ2n) is 10.1. The number of pyridine rings is 1. The summed E-state index contributed by atoms with van der Waals surface area (Å²) in [5.74, 6) is 6.12. The van der Waals surface area contributed by atoms with E-state index in [1.165, 1.54) is 29.9 Å². The lowest BCUT2D eigenvalue weighted by atomic mass is 10.0. The molecule has 39 heavy (non-hydrogen) atoms. The highest BCUT2D eigenvalue weighted by Gasteiger charge is 2.32. The second-order valence-corrected chi connectivity index (χ2v) is 10.1. The van der Waals surface area contributed by atoms with Gasteiger partial charge in [-0.25, -0.2) is 9.37 Å². The van der Waals surface area contributed by atoms with E-state index in [-0.39, 0.29) is 24.0 Å². The van der Waals surface area contributed by atoms with Gasteiger partial charge in [0.25, 0.3) is 5.91 Å². The Balaban J connectivity index is 1.17. The quantitative estimate of drug-likeness (QED) is 0.360. The highest BCUT2D eigenvalue weighted by Crippen LogP contribution is 2.38. The Morgan fingerprint density at radius 3 is 2.77 bits per heavy atom. The van der Waals surface area contributed by atoms with Crippen LogP contribution in [0.3, 0.4) is 0 Å². The molecule has 0 saturated heterocycles. The van der Waals surface area contributed by atoms with E-state index in [0.29, 0.717) is 33.6 Å². The Kier molecular flexibility index (Phi) is 5.10. The van der Waals surface area contributed by atoms with E-state index >= 15 is 4.39 Å². The topological polar surface area (TPSA) is 104 Å². The van der Waals surface area contributed by atoms with Crippen molar-refractivity contribution in [2.75, 3.05) is 19.4 Å². The fourth-order valence-electron chi connectivity index (χ4n) is 5.15. The predicted octanol–water partition coefficient (Wildman–Crippen LogP) is 3.98. The lowest BCUT2D eigenvalue weighted by Gasteiger charge is -2.24. The predicted molar refractivity (Wildman–Crippen MR) is 144 cm³/mol. The maximum atomic E-state index is 15.2. The number of aryl methyl sites for hydroxylation is 1. The number of ether oxygens (including phenoxy) is 1. The first-order chi connectivity index (χ1) is 18.9. The smallest absolute Gasteiger partial charge is 0.257 e. The monoisotopic (exact) mass is 521 g/mol. The van der Waals surface area contributed by atoms with E-state index in [0.717, 1.165) is 16.7 Å². The number of aromatic nitrogens is 5. The van der Waals surface area contributed by atoms with Crippen molar-refractivity contribution in [2.45, 2.75) is 24.9 Å². The molecule has 1 fully saturated rings. The third-order valence-corrected chi connectivity index (χ3v) is 7.46. The number of benzene rings is 2. The summed E-state index contributed by atoms with van der Waals surface area (Å²) in [6.45, 7) is 0.266. The van der Waals surface area contributed by atoms with Crippen LogP contribution in [-0.4, -0.2) is 49.0 Å². The number of nitrogen functional groups attached to an aromatic ring is 1. The first kappa shape index (κ1) is 23.2. The van der Waals surface area contributed by atoms with Crippen LogP contribution in [0.5, 0.6) is 5.75 Å². The molecule has 0 spiro atoms. The molecule has 2 aliphatic rings. The third kappa shape index (κ3) is 3.85. The molecule has 5 aromatic rings. The number of hydrogen-bond acceptors (Lipinski definition) is 6. The van der Waals surface area contributed by atoms with Crippen LogP contribution in [0, 0.1) is 17.7 Å². The molecule has 1 aliphatic heterocycles. The number of amides is 1. The molecular weight excluding hydrogens is 497 g/mol.